The predicted octanol–water partition coefficient (Wildman–Crippen LogP) is 5.50. The molecule has 10 heteroatoms. The molecule has 1 unspecified atom stereocenters. The molecule has 1 aliphatic heterocycles. The lowest BCUT2D eigenvalue weighted by Crippen LogP contribution is -2.40. The summed E-state index contributed by atoms with van der Waals surface area (Å²) in [5.74, 6) is -1.52. The van der Waals surface area contributed by atoms with E-state index >= 15 is 0 Å². The second-order valence-electron chi connectivity index (χ2n) is 10.6. The Morgan fingerprint density at radius 2 is 1.80 bits per heavy atom. The smallest absolute Gasteiger partial charge is 0.143 e. The number of nitrogens with zero attached hydrogens (tertiary/aromatic N) is 6. The normalized spacial score (nSPS) is 14.9. The van der Waals surface area contributed by atoms with Crippen LogP contribution >= 0.6 is 0 Å². The number of aromatic nitrogens is 4. The molecule has 4 heterocycles. The van der Waals surface area contributed by atoms with Crippen LogP contribution in [0.3, 0.4) is 0 Å². The van der Waals surface area contributed by atoms with Gasteiger partial charge < -0.3 is 20.3 Å². The van der Waals surface area contributed by atoms with Crippen LogP contribution in [-0.2, 0) is 7.05 Å². The minimum Gasteiger partial charge on any atom is -0.506 e. The highest BCUT2D eigenvalue weighted by molar-refractivity contribution is 6.09. The number of hydrogen-bond donors (Lipinski definition) is 2. The van der Waals surface area contributed by atoms with Crippen molar-refractivity contribution >= 4 is 16.7 Å². The number of para-hydroxylation sites is 1. The zero-order valence-electron chi connectivity index (χ0n) is 22.7. The molecule has 208 valence electrons. The Kier molecular flexibility index (Phi) is 6.67. The van der Waals surface area contributed by atoms with Gasteiger partial charge in [-0.05, 0) is 49.6 Å². The van der Waals surface area contributed by atoms with Gasteiger partial charge in [0.1, 0.15) is 29.1 Å². The molecule has 1 atom stereocenters. The molecular formula is C31H29F2N7O. The molecular weight excluding hydrogens is 524 g/mol. The van der Waals surface area contributed by atoms with Crippen molar-refractivity contribution in [3.05, 3.63) is 83.9 Å². The molecule has 0 radical (unpaired) electrons. The number of hydrogen-bond acceptors (Lipinski definition) is 6. The minimum atomic E-state index is -0.687. The van der Waals surface area contributed by atoms with Gasteiger partial charge in [0, 0.05) is 67.5 Å². The maximum Gasteiger partial charge on any atom is 0.143 e. The number of benzene rings is 2. The lowest BCUT2D eigenvalue weighted by molar-refractivity contribution is 0.475. The van der Waals surface area contributed by atoms with Crippen molar-refractivity contribution in [2.75, 3.05) is 18.0 Å². The highest BCUT2D eigenvalue weighted by Crippen LogP contribution is 2.46. The number of aromatic hydroxyl groups is 1. The highest BCUT2D eigenvalue weighted by atomic mass is 19.1. The number of aryl methyl sites for hydroxylation is 1. The van der Waals surface area contributed by atoms with E-state index in [1.807, 2.05) is 37.0 Å². The van der Waals surface area contributed by atoms with Crippen molar-refractivity contribution in [1.82, 2.24) is 19.3 Å². The third kappa shape index (κ3) is 4.68. The summed E-state index contributed by atoms with van der Waals surface area (Å²) >= 11 is 0. The van der Waals surface area contributed by atoms with Crippen molar-refractivity contribution in [3.63, 3.8) is 0 Å². The number of piperidine rings is 1. The molecule has 0 spiro atoms. The molecule has 1 saturated heterocycles. The SMILES string of the molecule is CC(c1ccn(C)n1)n1cc(-c2cccc(C#N)c2O)c2c(N3CCC(N)CC3)c(-c3cc(F)cc(F)c3)cnc21. The molecule has 1 aliphatic rings. The van der Waals surface area contributed by atoms with Gasteiger partial charge in [-0.1, -0.05) is 12.1 Å². The van der Waals surface area contributed by atoms with Gasteiger partial charge in [-0.3, -0.25) is 4.68 Å². The number of halogens is 2. The van der Waals surface area contributed by atoms with E-state index in [0.717, 1.165) is 30.3 Å². The number of phenols is 1. The number of anilines is 1. The first-order valence-electron chi connectivity index (χ1n) is 13.5. The van der Waals surface area contributed by atoms with Crippen LogP contribution in [0.4, 0.5) is 14.5 Å². The van der Waals surface area contributed by atoms with E-state index in [9.17, 15) is 19.1 Å². The Bertz CT molecular complexity index is 1790. The van der Waals surface area contributed by atoms with Gasteiger partial charge in [0.15, 0.2) is 0 Å². The van der Waals surface area contributed by atoms with Crippen LogP contribution in [-0.4, -0.2) is 43.6 Å². The number of pyridine rings is 1. The molecule has 3 N–H and O–H groups in total. The van der Waals surface area contributed by atoms with Crippen LogP contribution in [0.2, 0.25) is 0 Å². The molecule has 41 heavy (non-hydrogen) atoms. The van der Waals surface area contributed by atoms with Crippen LogP contribution in [0.25, 0.3) is 33.3 Å². The lowest BCUT2D eigenvalue weighted by Gasteiger charge is -2.34. The fraction of sp³-hybridized carbons (Fsp3) is 0.258. The summed E-state index contributed by atoms with van der Waals surface area (Å²) in [4.78, 5) is 7.02. The van der Waals surface area contributed by atoms with Gasteiger partial charge >= 0.3 is 0 Å². The second kappa shape index (κ2) is 10.3. The van der Waals surface area contributed by atoms with Crippen LogP contribution in [0.1, 0.15) is 37.1 Å². The van der Waals surface area contributed by atoms with E-state index in [-0.39, 0.29) is 23.4 Å². The van der Waals surface area contributed by atoms with Crippen molar-refractivity contribution in [2.24, 2.45) is 12.8 Å². The number of rotatable bonds is 5. The number of nitrogens with two attached hydrogens (primary N) is 1. The molecule has 0 aliphatic carbocycles. The Hall–Kier alpha value is -4.75. The number of nitriles is 1. The largest absolute Gasteiger partial charge is 0.506 e. The third-order valence-electron chi connectivity index (χ3n) is 7.87. The van der Waals surface area contributed by atoms with Crippen LogP contribution in [0.5, 0.6) is 5.75 Å². The maximum atomic E-state index is 14.5. The third-order valence-corrected chi connectivity index (χ3v) is 7.87. The van der Waals surface area contributed by atoms with Crippen molar-refractivity contribution in [3.8, 4) is 34.1 Å². The van der Waals surface area contributed by atoms with E-state index in [1.165, 1.54) is 12.1 Å². The predicted molar refractivity (Wildman–Crippen MR) is 153 cm³/mol. The first kappa shape index (κ1) is 26.5. The van der Waals surface area contributed by atoms with E-state index in [4.69, 9.17) is 10.7 Å². The molecule has 3 aromatic heterocycles. The summed E-state index contributed by atoms with van der Waals surface area (Å²) in [6.07, 6.45) is 6.92. The fourth-order valence-electron chi connectivity index (χ4n) is 5.72. The average Bonchev–Trinajstić information content (AvgIpc) is 3.56. The Morgan fingerprint density at radius 1 is 1.07 bits per heavy atom. The van der Waals surface area contributed by atoms with Crippen molar-refractivity contribution in [1.29, 1.82) is 5.26 Å². The van der Waals surface area contributed by atoms with E-state index < -0.39 is 11.6 Å². The van der Waals surface area contributed by atoms with Crippen LogP contribution < -0.4 is 10.6 Å². The van der Waals surface area contributed by atoms with Gasteiger partial charge in [0.05, 0.1) is 28.4 Å². The fourth-order valence-corrected chi connectivity index (χ4v) is 5.72. The van der Waals surface area contributed by atoms with Gasteiger partial charge in [-0.2, -0.15) is 10.4 Å². The highest BCUT2D eigenvalue weighted by Gasteiger charge is 2.28. The first-order valence-corrected chi connectivity index (χ1v) is 13.5. The zero-order valence-corrected chi connectivity index (χ0v) is 22.7. The number of phenolic OH excluding ortho intramolecular Hbond substituents is 1. The van der Waals surface area contributed by atoms with Crippen LogP contribution in [0, 0.1) is 23.0 Å². The van der Waals surface area contributed by atoms with E-state index in [1.54, 1.807) is 29.1 Å². The molecule has 0 saturated carbocycles. The Balaban J connectivity index is 1.71. The van der Waals surface area contributed by atoms with Gasteiger partial charge in [-0.15, -0.1) is 0 Å². The molecule has 1 fully saturated rings. The molecule has 6 rings (SSSR count). The molecule has 8 nitrogen and oxygen atoms in total. The topological polar surface area (TPSA) is 109 Å². The maximum absolute atomic E-state index is 14.5. The Morgan fingerprint density at radius 3 is 2.46 bits per heavy atom. The number of fused-ring (bicyclic) bond motifs is 1. The minimum absolute atomic E-state index is 0.0586. The van der Waals surface area contributed by atoms with E-state index in [0.29, 0.717) is 46.4 Å². The van der Waals surface area contributed by atoms with Gasteiger partial charge in [0.25, 0.3) is 0 Å². The second-order valence-corrected chi connectivity index (χ2v) is 10.6. The zero-order chi connectivity index (χ0) is 28.8. The lowest BCUT2D eigenvalue weighted by atomic mass is 9.95. The summed E-state index contributed by atoms with van der Waals surface area (Å²) in [6, 6.07) is 12.3. The molecule has 0 bridgehead atoms. The molecule has 0 amide bonds. The molecule has 5 aromatic rings. The standard InChI is InChI=1S/C31H29F2N7O/c1-18(27-8-9-38(2)37-27)40-17-26(24-5-3-4-19(15-34)30(24)41)28-29(39-10-6-23(35)7-11-39)25(16-36-31(28)40)20-12-21(32)14-22(33)13-20/h3-5,8-9,12-14,16-18,23,41H,6-7,10-11,35H2,1-2H3. The van der Waals surface area contributed by atoms with Gasteiger partial charge in [-0.25, -0.2) is 13.8 Å². The average molecular weight is 554 g/mol. The summed E-state index contributed by atoms with van der Waals surface area (Å²) in [5, 5.41) is 26.1. The van der Waals surface area contributed by atoms with Crippen LogP contribution in [0.15, 0.2) is 61.1 Å². The quantitative estimate of drug-likeness (QED) is 0.298. The molecule has 2 aromatic carbocycles. The van der Waals surface area contributed by atoms with Gasteiger partial charge in [0.2, 0.25) is 0 Å². The van der Waals surface area contributed by atoms with E-state index in [2.05, 4.69) is 16.1 Å². The van der Waals surface area contributed by atoms with Crippen molar-refractivity contribution in [2.45, 2.75) is 31.8 Å². The summed E-state index contributed by atoms with van der Waals surface area (Å²) in [7, 11) is 1.85. The summed E-state index contributed by atoms with van der Waals surface area (Å²) < 4.78 is 32.6. The van der Waals surface area contributed by atoms with Crippen molar-refractivity contribution < 1.29 is 13.9 Å². The summed E-state index contributed by atoms with van der Waals surface area (Å²) in [5.41, 5.74) is 10.6. The summed E-state index contributed by atoms with van der Waals surface area (Å²) in [6.45, 7) is 3.28. The monoisotopic (exact) mass is 553 g/mol. The first-order chi connectivity index (χ1) is 19.7. The Labute approximate surface area is 235 Å².